The first-order chi connectivity index (χ1) is 16.1. The highest BCUT2D eigenvalue weighted by Crippen LogP contribution is 2.30. The van der Waals surface area contributed by atoms with E-state index in [2.05, 4.69) is 24.1 Å². The number of esters is 1. The summed E-state index contributed by atoms with van der Waals surface area (Å²) >= 11 is 0. The molecular weight excluding hydrogens is 430 g/mol. The Balaban J connectivity index is 2.25. The molecule has 0 aromatic heterocycles. The first-order valence-electron chi connectivity index (χ1n) is 13.3. The van der Waals surface area contributed by atoms with E-state index < -0.39 is 6.04 Å². The van der Waals surface area contributed by atoms with Crippen molar-refractivity contribution in [2.75, 3.05) is 20.2 Å². The van der Waals surface area contributed by atoms with Crippen molar-refractivity contribution in [2.24, 2.45) is 11.8 Å². The zero-order valence-corrected chi connectivity index (χ0v) is 22.4. The maximum Gasteiger partial charge on any atom is 0.333 e. The maximum atomic E-state index is 13.8. The normalized spacial score (nSPS) is 22.0. The summed E-state index contributed by atoms with van der Waals surface area (Å²) in [6.45, 7) is 13.1. The number of carbonyl (C=O) groups is 3. The highest BCUT2D eigenvalue weighted by Gasteiger charge is 2.39. The number of likely N-dealkylation sites (tertiary alicyclic amines) is 1. The van der Waals surface area contributed by atoms with Gasteiger partial charge >= 0.3 is 5.97 Å². The molecule has 0 aromatic carbocycles. The summed E-state index contributed by atoms with van der Waals surface area (Å²) in [6.07, 6.45) is 8.89. The molecule has 1 heterocycles. The zero-order chi connectivity index (χ0) is 25.4. The van der Waals surface area contributed by atoms with E-state index >= 15 is 0 Å². The van der Waals surface area contributed by atoms with Crippen LogP contribution in [0.25, 0.3) is 0 Å². The van der Waals surface area contributed by atoms with Gasteiger partial charge in [-0.1, -0.05) is 39.2 Å². The lowest BCUT2D eigenvalue weighted by atomic mass is 9.93. The second kappa shape index (κ2) is 13.3. The smallest absolute Gasteiger partial charge is 0.333 e. The van der Waals surface area contributed by atoms with Crippen molar-refractivity contribution in [3.8, 4) is 0 Å². The number of nitrogens with one attached hydrogen (secondary N) is 1. The number of amides is 2. The Labute approximate surface area is 206 Å². The summed E-state index contributed by atoms with van der Waals surface area (Å²) in [6, 6.07) is -0.684. The van der Waals surface area contributed by atoms with E-state index in [-0.39, 0.29) is 41.7 Å². The van der Waals surface area contributed by atoms with Gasteiger partial charge in [-0.2, -0.15) is 0 Å². The standard InChI is InChI=1S/C27H47N3O4/c1-8-34-27(33)20(6)17-23(18(2)3)29(7)26(32)24(21-13-9-10-14-21)28-25(31)22-15-11-12-16-30(22)19(4)5/h17-19,21-24H,8-16H2,1-7H3,(H,28,31)/t22-,23-,24-/m1/s1. The van der Waals surface area contributed by atoms with Crippen molar-refractivity contribution in [3.05, 3.63) is 11.6 Å². The van der Waals surface area contributed by atoms with E-state index in [9.17, 15) is 14.4 Å². The molecule has 194 valence electrons. The average Bonchev–Trinajstić information content (AvgIpc) is 3.34. The third-order valence-electron chi connectivity index (χ3n) is 7.44. The highest BCUT2D eigenvalue weighted by atomic mass is 16.5. The summed E-state index contributed by atoms with van der Waals surface area (Å²) in [7, 11) is 1.79. The maximum absolute atomic E-state index is 13.8. The van der Waals surface area contributed by atoms with Gasteiger partial charge in [0.2, 0.25) is 11.8 Å². The molecule has 0 spiro atoms. The SMILES string of the molecule is CCOC(=O)C(C)=C[C@H](C(C)C)N(C)C(=O)[C@H](NC(=O)[C@H]1CCCCN1C(C)C)C1CCCC1. The number of hydrogen-bond donors (Lipinski definition) is 1. The first kappa shape index (κ1) is 28.3. The Hall–Kier alpha value is -1.89. The minimum absolute atomic E-state index is 0.0219. The Morgan fingerprint density at radius 3 is 2.24 bits per heavy atom. The summed E-state index contributed by atoms with van der Waals surface area (Å²) in [4.78, 5) is 43.5. The monoisotopic (exact) mass is 477 g/mol. The summed E-state index contributed by atoms with van der Waals surface area (Å²) in [5.74, 6) is -0.197. The predicted octanol–water partition coefficient (Wildman–Crippen LogP) is 3.92. The Morgan fingerprint density at radius 2 is 1.68 bits per heavy atom. The van der Waals surface area contributed by atoms with Crippen molar-refractivity contribution in [2.45, 2.75) is 111 Å². The van der Waals surface area contributed by atoms with Gasteiger partial charge in [0.15, 0.2) is 0 Å². The van der Waals surface area contributed by atoms with Crippen molar-refractivity contribution in [1.82, 2.24) is 15.1 Å². The minimum atomic E-state index is -0.534. The number of ether oxygens (including phenoxy) is 1. The molecule has 2 aliphatic rings. The van der Waals surface area contributed by atoms with Gasteiger partial charge in [-0.3, -0.25) is 14.5 Å². The van der Waals surface area contributed by atoms with Crippen LogP contribution in [0.1, 0.15) is 86.5 Å². The Morgan fingerprint density at radius 1 is 1.06 bits per heavy atom. The van der Waals surface area contributed by atoms with Crippen molar-refractivity contribution < 1.29 is 19.1 Å². The molecule has 34 heavy (non-hydrogen) atoms. The van der Waals surface area contributed by atoms with Crippen LogP contribution in [0.3, 0.4) is 0 Å². The van der Waals surface area contributed by atoms with Crippen LogP contribution >= 0.6 is 0 Å². The molecule has 1 aliphatic heterocycles. The fourth-order valence-electron chi connectivity index (χ4n) is 5.46. The van der Waals surface area contributed by atoms with Crippen molar-refractivity contribution in [1.29, 1.82) is 0 Å². The summed E-state index contributed by atoms with van der Waals surface area (Å²) < 4.78 is 5.13. The lowest BCUT2D eigenvalue weighted by Gasteiger charge is -2.39. The topological polar surface area (TPSA) is 79.0 Å². The lowest BCUT2D eigenvalue weighted by Crippen LogP contribution is -2.59. The van der Waals surface area contributed by atoms with Crippen LogP contribution in [0, 0.1) is 11.8 Å². The van der Waals surface area contributed by atoms with E-state index in [4.69, 9.17) is 4.74 Å². The molecule has 3 atom stereocenters. The largest absolute Gasteiger partial charge is 0.463 e. The molecule has 1 N–H and O–H groups in total. The number of likely N-dealkylation sites (N-methyl/N-ethyl adjacent to an activating group) is 1. The second-order valence-electron chi connectivity index (χ2n) is 10.6. The molecule has 2 amide bonds. The fraction of sp³-hybridized carbons (Fsp3) is 0.815. The molecule has 7 nitrogen and oxygen atoms in total. The van der Waals surface area contributed by atoms with Crippen LogP contribution in [0.15, 0.2) is 11.6 Å². The van der Waals surface area contributed by atoms with Crippen LogP contribution < -0.4 is 5.32 Å². The minimum Gasteiger partial charge on any atom is -0.463 e. The van der Waals surface area contributed by atoms with Gasteiger partial charge < -0.3 is 15.0 Å². The van der Waals surface area contributed by atoms with Gasteiger partial charge in [0.05, 0.1) is 18.7 Å². The molecule has 7 heteroatoms. The Bertz CT molecular complexity index is 727. The van der Waals surface area contributed by atoms with Crippen LogP contribution in [0.5, 0.6) is 0 Å². The fourth-order valence-corrected chi connectivity index (χ4v) is 5.46. The second-order valence-corrected chi connectivity index (χ2v) is 10.6. The van der Waals surface area contributed by atoms with Crippen LogP contribution in [0.2, 0.25) is 0 Å². The molecule has 2 rings (SSSR count). The number of rotatable bonds is 10. The number of piperidine rings is 1. The number of carbonyl (C=O) groups excluding carboxylic acids is 3. The van der Waals surface area contributed by atoms with E-state index in [1.54, 1.807) is 25.8 Å². The van der Waals surface area contributed by atoms with E-state index in [1.807, 2.05) is 19.9 Å². The molecule has 0 unspecified atom stereocenters. The van der Waals surface area contributed by atoms with Crippen LogP contribution in [-0.4, -0.2) is 72.0 Å². The molecule has 0 radical (unpaired) electrons. The molecule has 1 aliphatic carbocycles. The molecular formula is C27H47N3O4. The molecule has 1 saturated heterocycles. The van der Waals surface area contributed by atoms with E-state index in [1.165, 1.54) is 0 Å². The lowest BCUT2D eigenvalue weighted by molar-refractivity contribution is -0.141. The Kier molecular flexibility index (Phi) is 11.1. The average molecular weight is 478 g/mol. The van der Waals surface area contributed by atoms with E-state index in [0.29, 0.717) is 18.2 Å². The molecule has 1 saturated carbocycles. The molecule has 0 bridgehead atoms. The van der Waals surface area contributed by atoms with Crippen molar-refractivity contribution >= 4 is 17.8 Å². The quantitative estimate of drug-likeness (QED) is 0.381. The zero-order valence-electron chi connectivity index (χ0n) is 22.4. The van der Waals surface area contributed by atoms with Crippen LogP contribution in [-0.2, 0) is 19.1 Å². The third kappa shape index (κ3) is 7.30. The summed E-state index contributed by atoms with van der Waals surface area (Å²) in [5, 5.41) is 3.20. The van der Waals surface area contributed by atoms with E-state index in [0.717, 1.165) is 51.5 Å². The number of hydrogen-bond acceptors (Lipinski definition) is 5. The van der Waals surface area contributed by atoms with Crippen LogP contribution in [0.4, 0.5) is 0 Å². The predicted molar refractivity (Wildman–Crippen MR) is 135 cm³/mol. The highest BCUT2D eigenvalue weighted by molar-refractivity contribution is 5.91. The van der Waals surface area contributed by atoms with Gasteiger partial charge in [-0.25, -0.2) is 4.79 Å². The number of nitrogens with zero attached hydrogens (tertiary/aromatic N) is 2. The van der Waals surface area contributed by atoms with Gasteiger partial charge in [0.25, 0.3) is 0 Å². The molecule has 0 aromatic rings. The van der Waals surface area contributed by atoms with Gasteiger partial charge in [-0.15, -0.1) is 0 Å². The third-order valence-corrected chi connectivity index (χ3v) is 7.44. The van der Waals surface area contributed by atoms with Gasteiger partial charge in [0, 0.05) is 18.7 Å². The van der Waals surface area contributed by atoms with Crippen molar-refractivity contribution in [3.63, 3.8) is 0 Å². The van der Waals surface area contributed by atoms with Gasteiger partial charge in [-0.05, 0) is 71.8 Å². The summed E-state index contributed by atoms with van der Waals surface area (Å²) in [5.41, 5.74) is 0.497. The van der Waals surface area contributed by atoms with Gasteiger partial charge in [0.1, 0.15) is 6.04 Å². The first-order valence-corrected chi connectivity index (χ1v) is 13.3. The molecule has 2 fully saturated rings.